The lowest BCUT2D eigenvalue weighted by Gasteiger charge is -2.22. The predicted octanol–water partition coefficient (Wildman–Crippen LogP) is 5.67. The lowest BCUT2D eigenvalue weighted by Crippen LogP contribution is -2.22. The monoisotopic (exact) mass is 511 g/mol. The number of aromatic nitrogens is 1. The van der Waals surface area contributed by atoms with Crippen molar-refractivity contribution in [3.63, 3.8) is 0 Å². The first-order valence-electron chi connectivity index (χ1n) is 11.1. The summed E-state index contributed by atoms with van der Waals surface area (Å²) in [7, 11) is 1.66. The zero-order valence-electron chi connectivity index (χ0n) is 19.5. The molecule has 3 aromatic rings. The van der Waals surface area contributed by atoms with Gasteiger partial charge in [0, 0.05) is 24.3 Å². The van der Waals surface area contributed by atoms with Crippen LogP contribution in [-0.2, 0) is 6.61 Å². The molecule has 1 aromatic heterocycles. The number of rotatable bonds is 7. The number of nitrogens with zero attached hydrogens (tertiary/aromatic N) is 2. The number of β-amino-alcohol motifs (C(OH)–C–C–N with tert-alkyl or cyclic N) is 1. The van der Waals surface area contributed by atoms with E-state index in [1.165, 1.54) is 0 Å². The summed E-state index contributed by atoms with van der Waals surface area (Å²) in [5, 5.41) is 13.4. The summed E-state index contributed by atoms with van der Waals surface area (Å²) in [4.78, 5) is 7.01. The maximum atomic E-state index is 9.89. The second-order valence-electron chi connectivity index (χ2n) is 8.45. The molecule has 7 heteroatoms. The third-order valence-electron chi connectivity index (χ3n) is 6.06. The van der Waals surface area contributed by atoms with Gasteiger partial charge in [0.2, 0.25) is 0 Å². The number of aryl methyl sites for hydroxylation is 2. The molecule has 33 heavy (non-hydrogen) atoms. The maximum absolute atomic E-state index is 9.89. The zero-order valence-corrected chi connectivity index (χ0v) is 21.1. The Balaban J connectivity index is 1.53. The molecule has 0 spiro atoms. The Morgan fingerprint density at radius 2 is 1.91 bits per heavy atom. The van der Waals surface area contributed by atoms with Gasteiger partial charge in [0.1, 0.15) is 23.9 Å². The van der Waals surface area contributed by atoms with Crippen molar-refractivity contribution in [2.45, 2.75) is 39.9 Å². The smallest absolute Gasteiger partial charge is 0.145 e. The van der Waals surface area contributed by atoms with Gasteiger partial charge >= 0.3 is 0 Å². The van der Waals surface area contributed by atoms with Crippen LogP contribution in [0.4, 0.5) is 17.2 Å². The Hall–Kier alpha value is -2.77. The molecular weight excluding hydrogens is 482 g/mol. The van der Waals surface area contributed by atoms with Gasteiger partial charge < -0.3 is 24.8 Å². The van der Waals surface area contributed by atoms with Crippen molar-refractivity contribution >= 4 is 33.1 Å². The molecule has 0 amide bonds. The molecule has 0 saturated carbocycles. The molecule has 2 N–H and O–H groups in total. The summed E-state index contributed by atoms with van der Waals surface area (Å²) in [6, 6.07) is 14.0. The van der Waals surface area contributed by atoms with Gasteiger partial charge in [-0.25, -0.2) is 4.98 Å². The van der Waals surface area contributed by atoms with Crippen LogP contribution in [-0.4, -0.2) is 36.4 Å². The van der Waals surface area contributed by atoms with E-state index in [2.05, 4.69) is 52.1 Å². The molecule has 1 aliphatic heterocycles. The van der Waals surface area contributed by atoms with Gasteiger partial charge in [-0.05, 0) is 78.5 Å². The lowest BCUT2D eigenvalue weighted by atomic mass is 10.1. The van der Waals surface area contributed by atoms with E-state index in [-0.39, 0.29) is 6.10 Å². The number of nitrogens with one attached hydrogen (secondary N) is 1. The highest BCUT2D eigenvalue weighted by Gasteiger charge is 2.23. The Morgan fingerprint density at radius 3 is 2.58 bits per heavy atom. The zero-order chi connectivity index (χ0) is 23.5. The van der Waals surface area contributed by atoms with Crippen LogP contribution >= 0.6 is 15.9 Å². The Morgan fingerprint density at radius 1 is 1.15 bits per heavy atom. The average Bonchev–Trinajstić information content (AvgIpc) is 3.24. The summed E-state index contributed by atoms with van der Waals surface area (Å²) in [6.45, 7) is 8.10. The quantitative estimate of drug-likeness (QED) is 0.425. The number of aliphatic hydroxyl groups is 1. The minimum absolute atomic E-state index is 0.271. The van der Waals surface area contributed by atoms with Crippen LogP contribution < -0.4 is 19.7 Å². The summed E-state index contributed by atoms with van der Waals surface area (Å²) in [5.41, 5.74) is 6.18. The van der Waals surface area contributed by atoms with Crippen LogP contribution in [0.15, 0.2) is 46.9 Å². The molecule has 4 rings (SSSR count). The van der Waals surface area contributed by atoms with Gasteiger partial charge in [0.05, 0.1) is 29.1 Å². The molecule has 1 saturated heterocycles. The van der Waals surface area contributed by atoms with Crippen molar-refractivity contribution in [3.05, 3.63) is 69.3 Å². The van der Waals surface area contributed by atoms with E-state index in [9.17, 15) is 5.11 Å². The number of ether oxygens (including phenoxy) is 2. The number of anilines is 3. The van der Waals surface area contributed by atoms with Crippen LogP contribution in [0.25, 0.3) is 0 Å². The van der Waals surface area contributed by atoms with Gasteiger partial charge in [0.15, 0.2) is 0 Å². The van der Waals surface area contributed by atoms with Crippen LogP contribution in [0.5, 0.6) is 11.5 Å². The first-order valence-corrected chi connectivity index (χ1v) is 11.9. The van der Waals surface area contributed by atoms with Crippen LogP contribution in [0, 0.1) is 20.8 Å². The molecule has 2 heterocycles. The molecule has 1 atom stereocenters. The number of hydrogen-bond donors (Lipinski definition) is 2. The molecule has 0 unspecified atom stereocenters. The Kier molecular flexibility index (Phi) is 7.10. The molecule has 174 valence electrons. The van der Waals surface area contributed by atoms with Crippen molar-refractivity contribution < 1.29 is 14.6 Å². The van der Waals surface area contributed by atoms with Gasteiger partial charge in [-0.15, -0.1) is 0 Å². The van der Waals surface area contributed by atoms with Crippen LogP contribution in [0.2, 0.25) is 0 Å². The number of halogens is 1. The molecule has 0 bridgehead atoms. The first kappa shape index (κ1) is 23.4. The second-order valence-corrected chi connectivity index (χ2v) is 9.31. The number of methoxy groups -OCH3 is 1. The van der Waals surface area contributed by atoms with Crippen molar-refractivity contribution in [2.24, 2.45) is 0 Å². The third-order valence-corrected chi connectivity index (χ3v) is 6.67. The number of benzene rings is 2. The van der Waals surface area contributed by atoms with E-state index in [0.717, 1.165) is 68.5 Å². The minimum Gasteiger partial charge on any atom is -0.497 e. The summed E-state index contributed by atoms with van der Waals surface area (Å²) in [6.07, 6.45) is 0.519. The maximum Gasteiger partial charge on any atom is 0.145 e. The van der Waals surface area contributed by atoms with Crippen molar-refractivity contribution in [1.29, 1.82) is 0 Å². The highest BCUT2D eigenvalue weighted by Crippen LogP contribution is 2.36. The molecule has 6 nitrogen and oxygen atoms in total. The van der Waals surface area contributed by atoms with E-state index >= 15 is 0 Å². The van der Waals surface area contributed by atoms with Crippen molar-refractivity contribution in [3.8, 4) is 11.5 Å². The molecule has 1 fully saturated rings. The van der Waals surface area contributed by atoms with Crippen molar-refractivity contribution in [2.75, 3.05) is 30.4 Å². The summed E-state index contributed by atoms with van der Waals surface area (Å²) >= 11 is 3.69. The second kappa shape index (κ2) is 10.0. The van der Waals surface area contributed by atoms with Crippen molar-refractivity contribution in [1.82, 2.24) is 4.98 Å². The average molecular weight is 512 g/mol. The highest BCUT2D eigenvalue weighted by molar-refractivity contribution is 9.10. The fourth-order valence-electron chi connectivity index (χ4n) is 4.12. The lowest BCUT2D eigenvalue weighted by molar-refractivity contribution is 0.198. The Labute approximate surface area is 203 Å². The summed E-state index contributed by atoms with van der Waals surface area (Å²) in [5.74, 6) is 2.42. The molecular formula is C26H30BrN3O3. The van der Waals surface area contributed by atoms with E-state index < -0.39 is 0 Å². The topological polar surface area (TPSA) is 66.9 Å². The van der Waals surface area contributed by atoms with Gasteiger partial charge in [-0.3, -0.25) is 0 Å². The van der Waals surface area contributed by atoms with Gasteiger partial charge in [-0.1, -0.05) is 18.2 Å². The molecule has 2 aromatic carbocycles. The van der Waals surface area contributed by atoms with E-state index in [1.807, 2.05) is 37.3 Å². The fraction of sp³-hybridized carbons (Fsp3) is 0.346. The minimum atomic E-state index is -0.271. The van der Waals surface area contributed by atoms with Gasteiger partial charge in [-0.2, -0.15) is 0 Å². The number of aliphatic hydroxyl groups excluding tert-OH is 1. The Bertz CT molecular complexity index is 1130. The van der Waals surface area contributed by atoms with E-state index in [4.69, 9.17) is 14.5 Å². The summed E-state index contributed by atoms with van der Waals surface area (Å²) < 4.78 is 12.2. The van der Waals surface area contributed by atoms with Crippen LogP contribution in [0.3, 0.4) is 0 Å². The SMILES string of the molecule is COc1ccc(COc2ccc(C)c(Nc3nc(C)c(N4CC[C@@H](O)C4)cc3Br)c2C)cc1. The highest BCUT2D eigenvalue weighted by atomic mass is 79.9. The van der Waals surface area contributed by atoms with E-state index in [1.54, 1.807) is 7.11 Å². The molecule has 0 radical (unpaired) electrons. The molecule has 1 aliphatic rings. The predicted molar refractivity (Wildman–Crippen MR) is 136 cm³/mol. The fourth-order valence-corrected chi connectivity index (χ4v) is 4.52. The molecule has 0 aliphatic carbocycles. The van der Waals surface area contributed by atoms with Crippen LogP contribution in [0.1, 0.15) is 28.8 Å². The first-order chi connectivity index (χ1) is 15.9. The van der Waals surface area contributed by atoms with E-state index in [0.29, 0.717) is 13.2 Å². The normalized spacial score (nSPS) is 15.6. The largest absolute Gasteiger partial charge is 0.497 e. The number of hydrogen-bond acceptors (Lipinski definition) is 6. The number of pyridine rings is 1. The third kappa shape index (κ3) is 5.25. The van der Waals surface area contributed by atoms with Gasteiger partial charge in [0.25, 0.3) is 0 Å². The standard InChI is InChI=1S/C26H30BrN3O3/c1-16-5-10-24(33-15-19-6-8-21(32-4)9-7-19)17(2)25(16)29-26-22(27)13-23(18(3)28-26)30-12-11-20(31)14-30/h5-10,13,20,31H,11-12,14-15H2,1-4H3,(H,28,29)/t20-/m1/s1.